The first-order chi connectivity index (χ1) is 8.38. The van der Waals surface area contributed by atoms with Crippen molar-refractivity contribution in [1.29, 1.82) is 0 Å². The van der Waals surface area contributed by atoms with Gasteiger partial charge in [-0.3, -0.25) is 0 Å². The molecule has 6 heteroatoms. The molecule has 0 aliphatic heterocycles. The summed E-state index contributed by atoms with van der Waals surface area (Å²) in [4.78, 5) is 4.23. The molecule has 0 amide bonds. The lowest BCUT2D eigenvalue weighted by molar-refractivity contribution is 0.602. The zero-order valence-corrected chi connectivity index (χ0v) is 10.6. The van der Waals surface area contributed by atoms with Crippen molar-refractivity contribution in [2.45, 2.75) is 4.90 Å². The van der Waals surface area contributed by atoms with Crippen LogP contribution in [0.5, 0.6) is 0 Å². The number of hydrogen-bond donors (Lipinski definition) is 2. The first-order valence-corrected chi connectivity index (χ1v) is 7.09. The molecule has 0 unspecified atom stereocenters. The largest absolute Gasteiger partial charge is 0.384 e. The topological polar surface area (TPSA) is 99.1 Å². The molecule has 1 heterocycles. The van der Waals surface area contributed by atoms with Crippen LogP contribution in [0, 0.1) is 0 Å². The average Bonchev–Trinajstić information content (AvgIpc) is 2.28. The minimum atomic E-state index is -3.19. The molecule has 0 saturated heterocycles. The zero-order chi connectivity index (χ0) is 13.3. The third-order valence-electron chi connectivity index (χ3n) is 2.54. The summed E-state index contributed by atoms with van der Waals surface area (Å²) in [5.74, 6) is 0.672. The van der Waals surface area contributed by atoms with Crippen molar-refractivity contribution in [3.05, 3.63) is 36.4 Å². The standard InChI is InChI=1S/C12H13N3O2S/c1-18(16,17)9-4-2-8(3-5-9)10-6-7-11(13)15-12(10)14/h2-7H,1H3,(H4,13,14,15). The number of rotatable bonds is 2. The third kappa shape index (κ3) is 2.43. The number of nitrogens with two attached hydrogens (primary N) is 2. The number of nitrogens with zero attached hydrogens (tertiary/aromatic N) is 1. The van der Waals surface area contributed by atoms with Crippen molar-refractivity contribution >= 4 is 21.5 Å². The quantitative estimate of drug-likeness (QED) is 0.851. The van der Waals surface area contributed by atoms with E-state index in [1.54, 1.807) is 36.4 Å². The Morgan fingerprint density at radius 3 is 2.11 bits per heavy atom. The molecule has 0 saturated carbocycles. The maximum atomic E-state index is 11.3. The van der Waals surface area contributed by atoms with Crippen LogP contribution in [0.15, 0.2) is 41.3 Å². The van der Waals surface area contributed by atoms with Crippen LogP contribution in [0.1, 0.15) is 0 Å². The molecule has 0 spiro atoms. The molecule has 0 radical (unpaired) electrons. The Balaban J connectivity index is 2.47. The minimum absolute atomic E-state index is 0.272. The van der Waals surface area contributed by atoms with Crippen LogP contribution in [-0.4, -0.2) is 19.7 Å². The van der Waals surface area contributed by atoms with E-state index in [1.807, 2.05) is 0 Å². The number of pyridine rings is 1. The maximum Gasteiger partial charge on any atom is 0.175 e. The lowest BCUT2D eigenvalue weighted by atomic mass is 10.1. The van der Waals surface area contributed by atoms with Gasteiger partial charge in [0.15, 0.2) is 9.84 Å². The molecule has 1 aromatic carbocycles. The fraction of sp³-hybridized carbons (Fsp3) is 0.0833. The first kappa shape index (κ1) is 12.4. The molecule has 4 N–H and O–H groups in total. The third-order valence-corrected chi connectivity index (χ3v) is 3.67. The van der Waals surface area contributed by atoms with Crippen LogP contribution in [0.3, 0.4) is 0 Å². The summed E-state index contributed by atoms with van der Waals surface area (Å²) in [6.45, 7) is 0. The molecule has 0 aliphatic rings. The fourth-order valence-corrected chi connectivity index (χ4v) is 2.25. The molecule has 1 aromatic heterocycles. The van der Waals surface area contributed by atoms with Gasteiger partial charge >= 0.3 is 0 Å². The molecular formula is C12H13N3O2S. The number of aromatic nitrogens is 1. The summed E-state index contributed by atoms with van der Waals surface area (Å²) in [6.07, 6.45) is 1.17. The second-order valence-electron chi connectivity index (χ2n) is 3.97. The Morgan fingerprint density at radius 1 is 1.00 bits per heavy atom. The Bertz CT molecular complexity index is 679. The molecule has 94 valence electrons. The van der Waals surface area contributed by atoms with Gasteiger partial charge in [-0.05, 0) is 29.8 Å². The molecule has 2 aromatic rings. The molecule has 0 fully saturated rings. The van der Waals surface area contributed by atoms with Gasteiger partial charge in [0.05, 0.1) is 4.90 Å². The van der Waals surface area contributed by atoms with E-state index in [0.717, 1.165) is 11.1 Å². The number of hydrogen-bond acceptors (Lipinski definition) is 5. The normalized spacial score (nSPS) is 11.4. The molecule has 0 atom stereocenters. The van der Waals surface area contributed by atoms with Crippen LogP contribution in [0.25, 0.3) is 11.1 Å². The van der Waals surface area contributed by atoms with E-state index in [4.69, 9.17) is 11.5 Å². The molecule has 0 bridgehead atoms. The van der Waals surface area contributed by atoms with Crippen LogP contribution >= 0.6 is 0 Å². The van der Waals surface area contributed by atoms with E-state index in [-0.39, 0.29) is 4.90 Å². The zero-order valence-electron chi connectivity index (χ0n) is 9.79. The van der Waals surface area contributed by atoms with Gasteiger partial charge in [0.2, 0.25) is 0 Å². The van der Waals surface area contributed by atoms with Crippen LogP contribution in [-0.2, 0) is 9.84 Å². The second kappa shape index (κ2) is 4.30. The predicted molar refractivity (Wildman–Crippen MR) is 71.6 cm³/mol. The summed E-state index contributed by atoms with van der Waals surface area (Å²) in [6, 6.07) is 9.88. The van der Waals surface area contributed by atoms with Gasteiger partial charge in [-0.2, -0.15) is 0 Å². The van der Waals surface area contributed by atoms with Crippen LogP contribution < -0.4 is 11.5 Å². The van der Waals surface area contributed by atoms with E-state index in [1.165, 1.54) is 6.26 Å². The molecule has 0 aliphatic carbocycles. The van der Waals surface area contributed by atoms with Gasteiger partial charge in [-0.15, -0.1) is 0 Å². The number of benzene rings is 1. The average molecular weight is 263 g/mol. The van der Waals surface area contributed by atoms with Crippen LogP contribution in [0.4, 0.5) is 11.6 Å². The highest BCUT2D eigenvalue weighted by Gasteiger charge is 2.08. The van der Waals surface area contributed by atoms with Crippen molar-refractivity contribution in [2.75, 3.05) is 17.7 Å². The number of nitrogen functional groups attached to an aromatic ring is 2. The Hall–Kier alpha value is -2.08. The van der Waals surface area contributed by atoms with Crippen molar-refractivity contribution < 1.29 is 8.42 Å². The highest BCUT2D eigenvalue weighted by Crippen LogP contribution is 2.26. The molecule has 18 heavy (non-hydrogen) atoms. The Kier molecular flexibility index (Phi) is 2.96. The summed E-state index contributed by atoms with van der Waals surface area (Å²) in [7, 11) is -3.19. The summed E-state index contributed by atoms with van der Waals surface area (Å²) < 4.78 is 22.7. The minimum Gasteiger partial charge on any atom is -0.384 e. The highest BCUT2D eigenvalue weighted by molar-refractivity contribution is 7.90. The van der Waals surface area contributed by atoms with Gasteiger partial charge in [-0.25, -0.2) is 13.4 Å². The number of anilines is 2. The molecule has 2 rings (SSSR count). The predicted octanol–water partition coefficient (Wildman–Crippen LogP) is 1.32. The van der Waals surface area contributed by atoms with Gasteiger partial charge in [0.25, 0.3) is 0 Å². The summed E-state index contributed by atoms with van der Waals surface area (Å²) in [5, 5.41) is 0. The summed E-state index contributed by atoms with van der Waals surface area (Å²) in [5.41, 5.74) is 12.8. The molecular weight excluding hydrogens is 250 g/mol. The first-order valence-electron chi connectivity index (χ1n) is 5.20. The second-order valence-corrected chi connectivity index (χ2v) is 5.98. The lowest BCUT2D eigenvalue weighted by Gasteiger charge is -2.06. The SMILES string of the molecule is CS(=O)(=O)c1ccc(-c2ccc(N)nc2N)cc1. The van der Waals surface area contributed by atoms with Gasteiger partial charge in [0, 0.05) is 11.8 Å². The Morgan fingerprint density at radius 2 is 1.61 bits per heavy atom. The van der Waals surface area contributed by atoms with Crippen LogP contribution in [0.2, 0.25) is 0 Å². The highest BCUT2D eigenvalue weighted by atomic mass is 32.2. The van der Waals surface area contributed by atoms with Crippen molar-refractivity contribution in [2.24, 2.45) is 0 Å². The smallest absolute Gasteiger partial charge is 0.175 e. The summed E-state index contributed by atoms with van der Waals surface area (Å²) >= 11 is 0. The number of sulfone groups is 1. The van der Waals surface area contributed by atoms with Gasteiger partial charge < -0.3 is 11.5 Å². The maximum absolute atomic E-state index is 11.3. The van der Waals surface area contributed by atoms with Gasteiger partial charge in [-0.1, -0.05) is 12.1 Å². The van der Waals surface area contributed by atoms with E-state index in [2.05, 4.69) is 4.98 Å². The van der Waals surface area contributed by atoms with Gasteiger partial charge in [0.1, 0.15) is 11.6 Å². The van der Waals surface area contributed by atoms with Crippen molar-refractivity contribution in [3.63, 3.8) is 0 Å². The van der Waals surface area contributed by atoms with E-state index in [0.29, 0.717) is 11.6 Å². The molecule has 5 nitrogen and oxygen atoms in total. The Labute approximate surface area is 105 Å². The monoisotopic (exact) mass is 263 g/mol. The van der Waals surface area contributed by atoms with E-state index >= 15 is 0 Å². The fourth-order valence-electron chi connectivity index (χ4n) is 1.62. The van der Waals surface area contributed by atoms with E-state index in [9.17, 15) is 8.42 Å². The van der Waals surface area contributed by atoms with Crippen molar-refractivity contribution in [1.82, 2.24) is 4.98 Å². The van der Waals surface area contributed by atoms with E-state index < -0.39 is 9.84 Å². The lowest BCUT2D eigenvalue weighted by Crippen LogP contribution is -1.99. The van der Waals surface area contributed by atoms with Crippen molar-refractivity contribution in [3.8, 4) is 11.1 Å².